The monoisotopic (exact) mass is 372 g/mol. The van der Waals surface area contributed by atoms with E-state index in [9.17, 15) is 4.79 Å². The van der Waals surface area contributed by atoms with Crippen molar-refractivity contribution >= 4 is 17.5 Å². The number of amides is 1. The van der Waals surface area contributed by atoms with Gasteiger partial charge in [0.1, 0.15) is 12.4 Å². The molecule has 26 heavy (non-hydrogen) atoms. The summed E-state index contributed by atoms with van der Waals surface area (Å²) in [6.45, 7) is 2.76. The molecule has 1 aliphatic heterocycles. The zero-order valence-electron chi connectivity index (χ0n) is 15.1. The third kappa shape index (κ3) is 4.77. The Hall–Kier alpha value is -2.04. The zero-order valence-corrected chi connectivity index (χ0v) is 15.9. The van der Waals surface area contributed by atoms with Crippen molar-refractivity contribution in [2.24, 2.45) is 0 Å². The molecule has 0 saturated carbocycles. The number of hydrogen-bond acceptors (Lipinski definition) is 3. The predicted molar refractivity (Wildman–Crippen MR) is 104 cm³/mol. The summed E-state index contributed by atoms with van der Waals surface area (Å²) >= 11 is 6.09. The van der Waals surface area contributed by atoms with E-state index in [4.69, 9.17) is 16.3 Å². The average molecular weight is 373 g/mol. The fourth-order valence-electron chi connectivity index (χ4n) is 3.33. The molecule has 2 aromatic rings. The Morgan fingerprint density at radius 3 is 2.69 bits per heavy atom. The molecule has 2 aromatic carbocycles. The Labute approximate surface area is 160 Å². The fraction of sp³-hybridized carbons (Fsp3) is 0.381. The maximum absolute atomic E-state index is 12.9. The van der Waals surface area contributed by atoms with E-state index < -0.39 is 0 Å². The highest BCUT2D eigenvalue weighted by Gasteiger charge is 2.32. The van der Waals surface area contributed by atoms with Gasteiger partial charge in [-0.25, -0.2) is 0 Å². The highest BCUT2D eigenvalue weighted by Crippen LogP contribution is 2.24. The minimum absolute atomic E-state index is 0.0412. The largest absolute Gasteiger partial charge is 0.490 e. The van der Waals surface area contributed by atoms with Gasteiger partial charge in [-0.2, -0.15) is 0 Å². The van der Waals surface area contributed by atoms with Crippen LogP contribution in [0.5, 0.6) is 5.75 Å². The maximum atomic E-state index is 12.9. The Balaban J connectivity index is 1.51. The van der Waals surface area contributed by atoms with Crippen LogP contribution in [0.1, 0.15) is 18.4 Å². The fourth-order valence-corrected chi connectivity index (χ4v) is 3.52. The number of likely N-dealkylation sites (tertiary alicyclic amines) is 1. The summed E-state index contributed by atoms with van der Waals surface area (Å²) in [7, 11) is 1.84. The summed E-state index contributed by atoms with van der Waals surface area (Å²) in [6.07, 6.45) is 1.98. The van der Waals surface area contributed by atoms with E-state index in [1.807, 2.05) is 43.4 Å². The predicted octanol–water partition coefficient (Wildman–Crippen LogP) is 3.84. The van der Waals surface area contributed by atoms with E-state index in [0.29, 0.717) is 23.9 Å². The molecule has 1 aliphatic rings. The lowest BCUT2D eigenvalue weighted by atomic mass is 10.1. The van der Waals surface area contributed by atoms with Crippen LogP contribution in [0.2, 0.25) is 5.02 Å². The normalized spacial score (nSPS) is 17.2. The molecule has 1 unspecified atom stereocenters. The molecule has 0 bridgehead atoms. The molecule has 1 saturated heterocycles. The van der Waals surface area contributed by atoms with Crippen LogP contribution in [0.4, 0.5) is 0 Å². The molecule has 4 nitrogen and oxygen atoms in total. The van der Waals surface area contributed by atoms with Crippen molar-refractivity contribution in [3.8, 4) is 5.75 Å². The molecule has 0 radical (unpaired) electrons. The number of carbonyl (C=O) groups is 1. The second kappa shape index (κ2) is 9.06. The smallest absolute Gasteiger partial charge is 0.239 e. The SMILES string of the molecule is CN(CCOc1ccccc1Cl)C(=O)C1CCCN1Cc1ccccc1. The van der Waals surface area contributed by atoms with Gasteiger partial charge in [-0.3, -0.25) is 9.69 Å². The Morgan fingerprint density at radius 2 is 1.92 bits per heavy atom. The molecule has 1 heterocycles. The summed E-state index contributed by atoms with van der Waals surface area (Å²) in [5.74, 6) is 0.822. The van der Waals surface area contributed by atoms with Crippen LogP contribution in [0.3, 0.4) is 0 Å². The number of hydrogen-bond donors (Lipinski definition) is 0. The molecule has 0 aliphatic carbocycles. The number of benzene rings is 2. The summed E-state index contributed by atoms with van der Waals surface area (Å²) < 4.78 is 5.70. The van der Waals surface area contributed by atoms with Crippen molar-refractivity contribution in [3.05, 3.63) is 65.2 Å². The van der Waals surface area contributed by atoms with Gasteiger partial charge < -0.3 is 9.64 Å². The summed E-state index contributed by atoms with van der Waals surface area (Å²) in [6, 6.07) is 17.7. The van der Waals surface area contributed by atoms with Gasteiger partial charge in [0.15, 0.2) is 0 Å². The molecule has 5 heteroatoms. The molecule has 1 fully saturated rings. The minimum Gasteiger partial charge on any atom is -0.490 e. The van der Waals surface area contributed by atoms with Gasteiger partial charge in [-0.1, -0.05) is 54.1 Å². The van der Waals surface area contributed by atoms with Gasteiger partial charge >= 0.3 is 0 Å². The second-order valence-corrected chi connectivity index (χ2v) is 7.06. The van der Waals surface area contributed by atoms with Gasteiger partial charge in [0.2, 0.25) is 5.91 Å². The van der Waals surface area contributed by atoms with Gasteiger partial charge in [-0.15, -0.1) is 0 Å². The first kappa shape index (κ1) is 18.7. The number of rotatable bonds is 7. The van der Waals surface area contributed by atoms with Gasteiger partial charge in [-0.05, 0) is 37.1 Å². The van der Waals surface area contributed by atoms with Crippen LogP contribution in [0.15, 0.2) is 54.6 Å². The number of para-hydroxylation sites is 1. The molecule has 3 rings (SSSR count). The number of nitrogens with zero attached hydrogens (tertiary/aromatic N) is 2. The van der Waals surface area contributed by atoms with Crippen molar-refractivity contribution in [2.45, 2.75) is 25.4 Å². The van der Waals surface area contributed by atoms with Gasteiger partial charge in [0.05, 0.1) is 17.6 Å². The van der Waals surface area contributed by atoms with Crippen LogP contribution in [-0.4, -0.2) is 48.5 Å². The molecule has 1 amide bonds. The number of ether oxygens (including phenoxy) is 1. The lowest BCUT2D eigenvalue weighted by Gasteiger charge is -2.28. The Kier molecular flexibility index (Phi) is 6.53. The molecule has 0 aromatic heterocycles. The topological polar surface area (TPSA) is 32.8 Å². The van der Waals surface area contributed by atoms with Crippen LogP contribution in [0.25, 0.3) is 0 Å². The van der Waals surface area contributed by atoms with Crippen molar-refractivity contribution in [1.82, 2.24) is 9.80 Å². The van der Waals surface area contributed by atoms with Crippen LogP contribution in [-0.2, 0) is 11.3 Å². The molecular formula is C21H25ClN2O2. The summed E-state index contributed by atoms with van der Waals surface area (Å²) in [4.78, 5) is 16.9. The van der Waals surface area contributed by atoms with Crippen LogP contribution >= 0.6 is 11.6 Å². The first-order valence-electron chi connectivity index (χ1n) is 9.05. The van der Waals surface area contributed by atoms with E-state index in [-0.39, 0.29) is 11.9 Å². The van der Waals surface area contributed by atoms with Crippen LogP contribution < -0.4 is 4.74 Å². The molecule has 138 valence electrons. The van der Waals surface area contributed by atoms with E-state index in [0.717, 1.165) is 25.9 Å². The maximum Gasteiger partial charge on any atom is 0.239 e. The second-order valence-electron chi connectivity index (χ2n) is 6.65. The number of carbonyl (C=O) groups excluding carboxylic acids is 1. The van der Waals surface area contributed by atoms with E-state index in [2.05, 4.69) is 17.0 Å². The van der Waals surface area contributed by atoms with Gasteiger partial charge in [0.25, 0.3) is 0 Å². The number of halogens is 1. The average Bonchev–Trinajstić information content (AvgIpc) is 3.11. The summed E-state index contributed by atoms with van der Waals surface area (Å²) in [5.41, 5.74) is 1.25. The molecule has 0 N–H and O–H groups in total. The van der Waals surface area contributed by atoms with E-state index in [1.54, 1.807) is 11.0 Å². The van der Waals surface area contributed by atoms with Crippen LogP contribution in [0, 0.1) is 0 Å². The highest BCUT2D eigenvalue weighted by atomic mass is 35.5. The quantitative estimate of drug-likeness (QED) is 0.740. The zero-order chi connectivity index (χ0) is 18.4. The first-order valence-corrected chi connectivity index (χ1v) is 9.43. The number of likely N-dealkylation sites (N-methyl/N-ethyl adjacent to an activating group) is 1. The summed E-state index contributed by atoms with van der Waals surface area (Å²) in [5, 5.41) is 0.589. The molecule has 1 atom stereocenters. The van der Waals surface area contributed by atoms with Crippen molar-refractivity contribution in [3.63, 3.8) is 0 Å². The first-order chi connectivity index (χ1) is 12.6. The third-order valence-corrected chi connectivity index (χ3v) is 5.09. The Morgan fingerprint density at radius 1 is 1.19 bits per heavy atom. The third-order valence-electron chi connectivity index (χ3n) is 4.77. The standard InChI is InChI=1S/C21H25ClN2O2/c1-23(14-15-26-20-12-6-5-10-18(20)22)21(25)19-11-7-13-24(19)16-17-8-3-2-4-9-17/h2-6,8-10,12,19H,7,11,13-16H2,1H3. The van der Waals surface area contributed by atoms with Crippen molar-refractivity contribution in [2.75, 3.05) is 26.7 Å². The highest BCUT2D eigenvalue weighted by molar-refractivity contribution is 6.32. The van der Waals surface area contributed by atoms with Crippen molar-refractivity contribution < 1.29 is 9.53 Å². The van der Waals surface area contributed by atoms with E-state index >= 15 is 0 Å². The lowest BCUT2D eigenvalue weighted by Crippen LogP contribution is -2.44. The molecule has 0 spiro atoms. The Bertz CT molecular complexity index is 723. The van der Waals surface area contributed by atoms with Crippen molar-refractivity contribution in [1.29, 1.82) is 0 Å². The van der Waals surface area contributed by atoms with E-state index in [1.165, 1.54) is 5.56 Å². The minimum atomic E-state index is -0.0412. The lowest BCUT2D eigenvalue weighted by molar-refractivity contribution is -0.135. The molecular weight excluding hydrogens is 348 g/mol. The van der Waals surface area contributed by atoms with Gasteiger partial charge in [0, 0.05) is 13.6 Å².